The molecule has 0 saturated heterocycles. The molecule has 1 aromatic rings. The maximum absolute atomic E-state index is 3.43. The lowest BCUT2D eigenvalue weighted by atomic mass is 10.0. The number of aryl methyl sites for hydroxylation is 1. The van der Waals surface area contributed by atoms with Crippen LogP contribution in [-0.4, -0.2) is 19.6 Å². The van der Waals surface area contributed by atoms with Crippen molar-refractivity contribution < 1.29 is 0 Å². The van der Waals surface area contributed by atoms with Crippen LogP contribution < -0.4 is 10.6 Å². The molecular weight excluding hydrogens is 184 g/mol. The van der Waals surface area contributed by atoms with E-state index in [1.807, 2.05) is 0 Å². The highest BCUT2D eigenvalue weighted by Gasteiger charge is 2.12. The fourth-order valence-corrected chi connectivity index (χ4v) is 2.23. The van der Waals surface area contributed by atoms with Gasteiger partial charge in [-0.3, -0.25) is 0 Å². The molecule has 1 aliphatic heterocycles. The third-order valence-electron chi connectivity index (χ3n) is 3.01. The van der Waals surface area contributed by atoms with Crippen molar-refractivity contribution >= 4 is 5.69 Å². The van der Waals surface area contributed by atoms with Crippen LogP contribution in [0.5, 0.6) is 0 Å². The highest BCUT2D eigenvalue weighted by molar-refractivity contribution is 5.58. The van der Waals surface area contributed by atoms with E-state index in [2.05, 4.69) is 35.8 Å². The van der Waals surface area contributed by atoms with Crippen molar-refractivity contribution in [1.82, 2.24) is 5.32 Å². The van der Waals surface area contributed by atoms with Gasteiger partial charge < -0.3 is 10.6 Å². The minimum atomic E-state index is 1.08. The van der Waals surface area contributed by atoms with Crippen molar-refractivity contribution in [3.8, 4) is 0 Å². The summed E-state index contributed by atoms with van der Waals surface area (Å²) in [4.78, 5) is 0. The van der Waals surface area contributed by atoms with Crippen LogP contribution in [0, 0.1) is 0 Å². The van der Waals surface area contributed by atoms with Gasteiger partial charge >= 0.3 is 0 Å². The van der Waals surface area contributed by atoms with Gasteiger partial charge in [0.25, 0.3) is 0 Å². The van der Waals surface area contributed by atoms with Crippen LogP contribution in [0.25, 0.3) is 0 Å². The second-order valence-electron chi connectivity index (χ2n) is 4.08. The predicted molar refractivity (Wildman–Crippen MR) is 65.5 cm³/mol. The number of hydrogen-bond donors (Lipinski definition) is 2. The summed E-state index contributed by atoms with van der Waals surface area (Å²) in [5.74, 6) is 0. The van der Waals surface area contributed by atoms with Crippen LogP contribution in [0.3, 0.4) is 0 Å². The molecule has 1 aromatic carbocycles. The molecule has 0 fully saturated rings. The number of rotatable bonds is 5. The van der Waals surface area contributed by atoms with Gasteiger partial charge in [0.05, 0.1) is 0 Å². The third-order valence-corrected chi connectivity index (χ3v) is 3.01. The maximum Gasteiger partial charge on any atom is 0.0376 e. The van der Waals surface area contributed by atoms with Gasteiger partial charge in [0.15, 0.2) is 0 Å². The number of anilines is 1. The maximum atomic E-state index is 3.43. The smallest absolute Gasteiger partial charge is 0.0376 e. The topological polar surface area (TPSA) is 24.1 Å². The molecule has 0 atom stereocenters. The Bertz CT molecular complexity index is 320. The van der Waals surface area contributed by atoms with Crippen LogP contribution >= 0.6 is 0 Å². The summed E-state index contributed by atoms with van der Waals surface area (Å²) in [5, 5.41) is 6.80. The Hall–Kier alpha value is -1.02. The Kier molecular flexibility index (Phi) is 3.62. The first-order valence-electron chi connectivity index (χ1n) is 5.97. The average molecular weight is 204 g/mol. The van der Waals surface area contributed by atoms with Crippen LogP contribution in [-0.2, 0) is 12.8 Å². The molecule has 0 amide bonds. The van der Waals surface area contributed by atoms with Gasteiger partial charge in [-0.15, -0.1) is 0 Å². The lowest BCUT2D eigenvalue weighted by Crippen LogP contribution is -2.14. The Labute approximate surface area is 92.1 Å². The summed E-state index contributed by atoms with van der Waals surface area (Å²) in [6.07, 6.45) is 3.65. The summed E-state index contributed by atoms with van der Waals surface area (Å²) >= 11 is 0. The minimum absolute atomic E-state index is 1.08. The first-order valence-corrected chi connectivity index (χ1v) is 5.97. The molecular formula is C13H20N2. The van der Waals surface area contributed by atoms with Gasteiger partial charge in [-0.1, -0.05) is 19.1 Å². The zero-order chi connectivity index (χ0) is 10.5. The highest BCUT2D eigenvalue weighted by Crippen LogP contribution is 2.26. The summed E-state index contributed by atoms with van der Waals surface area (Å²) in [7, 11) is 0. The van der Waals surface area contributed by atoms with Crippen molar-refractivity contribution in [1.29, 1.82) is 0 Å². The van der Waals surface area contributed by atoms with Crippen LogP contribution in [0.15, 0.2) is 18.2 Å². The van der Waals surface area contributed by atoms with E-state index in [-0.39, 0.29) is 0 Å². The van der Waals surface area contributed by atoms with Gasteiger partial charge in [-0.25, -0.2) is 0 Å². The Balaban J connectivity index is 1.94. The monoisotopic (exact) mass is 204 g/mol. The molecule has 2 nitrogen and oxygen atoms in total. The van der Waals surface area contributed by atoms with E-state index in [1.54, 1.807) is 5.56 Å². The molecule has 2 rings (SSSR count). The number of hydrogen-bond acceptors (Lipinski definition) is 2. The summed E-state index contributed by atoms with van der Waals surface area (Å²) < 4.78 is 0. The van der Waals surface area contributed by atoms with E-state index in [9.17, 15) is 0 Å². The minimum Gasteiger partial charge on any atom is -0.384 e. The first-order chi connectivity index (χ1) is 7.42. The molecule has 1 heterocycles. The van der Waals surface area contributed by atoms with Crippen molar-refractivity contribution in [2.45, 2.75) is 26.2 Å². The fourth-order valence-electron chi connectivity index (χ4n) is 2.23. The largest absolute Gasteiger partial charge is 0.384 e. The van der Waals surface area contributed by atoms with E-state index in [4.69, 9.17) is 0 Å². The van der Waals surface area contributed by atoms with Gasteiger partial charge in [-0.05, 0) is 49.5 Å². The van der Waals surface area contributed by atoms with E-state index < -0.39 is 0 Å². The Morgan fingerprint density at radius 2 is 2.33 bits per heavy atom. The van der Waals surface area contributed by atoms with Crippen LogP contribution in [0.4, 0.5) is 5.69 Å². The molecule has 0 bridgehead atoms. The lowest BCUT2D eigenvalue weighted by molar-refractivity contribution is 0.671. The molecule has 82 valence electrons. The molecule has 0 aliphatic carbocycles. The van der Waals surface area contributed by atoms with E-state index >= 15 is 0 Å². The van der Waals surface area contributed by atoms with E-state index in [0.29, 0.717) is 0 Å². The van der Waals surface area contributed by atoms with Crippen LogP contribution in [0.2, 0.25) is 0 Å². The van der Waals surface area contributed by atoms with E-state index in [0.717, 1.165) is 19.6 Å². The van der Waals surface area contributed by atoms with Crippen molar-refractivity contribution in [3.63, 3.8) is 0 Å². The zero-order valence-electron chi connectivity index (χ0n) is 9.47. The van der Waals surface area contributed by atoms with Crippen molar-refractivity contribution in [3.05, 3.63) is 29.3 Å². The second kappa shape index (κ2) is 5.17. The number of nitrogens with one attached hydrogen (secondary N) is 2. The SMILES string of the molecule is CCNCCCc1cccc2c1CCN2. The molecule has 0 unspecified atom stereocenters. The molecule has 0 saturated carbocycles. The molecule has 0 spiro atoms. The van der Waals surface area contributed by atoms with Gasteiger partial charge in [0.1, 0.15) is 0 Å². The Morgan fingerprint density at radius 3 is 3.20 bits per heavy atom. The molecule has 15 heavy (non-hydrogen) atoms. The Morgan fingerprint density at radius 1 is 1.40 bits per heavy atom. The summed E-state index contributed by atoms with van der Waals surface area (Å²) in [6, 6.07) is 6.63. The summed E-state index contributed by atoms with van der Waals surface area (Å²) in [5.41, 5.74) is 4.44. The number of benzene rings is 1. The normalized spacial score (nSPS) is 13.7. The average Bonchev–Trinajstić information content (AvgIpc) is 2.73. The van der Waals surface area contributed by atoms with Crippen molar-refractivity contribution in [2.24, 2.45) is 0 Å². The molecule has 1 aliphatic rings. The molecule has 0 radical (unpaired) electrons. The molecule has 2 N–H and O–H groups in total. The quantitative estimate of drug-likeness (QED) is 0.718. The molecule has 2 heteroatoms. The first kappa shape index (κ1) is 10.5. The van der Waals surface area contributed by atoms with E-state index in [1.165, 1.54) is 30.5 Å². The van der Waals surface area contributed by atoms with Gasteiger partial charge in [0, 0.05) is 12.2 Å². The fraction of sp³-hybridized carbons (Fsp3) is 0.538. The predicted octanol–water partition coefficient (Wildman–Crippen LogP) is 2.20. The zero-order valence-corrected chi connectivity index (χ0v) is 9.47. The lowest BCUT2D eigenvalue weighted by Gasteiger charge is -2.07. The second-order valence-corrected chi connectivity index (χ2v) is 4.08. The highest BCUT2D eigenvalue weighted by atomic mass is 14.9. The molecule has 0 aromatic heterocycles. The van der Waals surface area contributed by atoms with Gasteiger partial charge in [0.2, 0.25) is 0 Å². The number of fused-ring (bicyclic) bond motifs is 1. The standard InChI is InChI=1S/C13H20N2/c1-2-14-9-4-6-11-5-3-7-13-12(11)8-10-15-13/h3,5,7,14-15H,2,4,6,8-10H2,1H3. The summed E-state index contributed by atoms with van der Waals surface area (Å²) in [6.45, 7) is 5.48. The van der Waals surface area contributed by atoms with Crippen LogP contribution in [0.1, 0.15) is 24.5 Å². The van der Waals surface area contributed by atoms with Crippen molar-refractivity contribution in [2.75, 3.05) is 25.0 Å². The third kappa shape index (κ3) is 2.51. The van der Waals surface area contributed by atoms with Gasteiger partial charge in [-0.2, -0.15) is 0 Å².